The first-order valence-corrected chi connectivity index (χ1v) is 5.98. The second kappa shape index (κ2) is 4.70. The molecule has 3 N–H and O–H groups in total. The SMILES string of the molecule is CC1(OCC(=O)O)CN(C(=O)C2C=CC(N)C2)C1. The molecule has 2 rings (SSSR count). The van der Waals surface area contributed by atoms with Gasteiger partial charge in [-0.3, -0.25) is 4.79 Å². The highest BCUT2D eigenvalue weighted by molar-refractivity contribution is 5.82. The fourth-order valence-electron chi connectivity index (χ4n) is 2.39. The summed E-state index contributed by atoms with van der Waals surface area (Å²) >= 11 is 0. The van der Waals surface area contributed by atoms with E-state index in [0.717, 1.165) is 0 Å². The van der Waals surface area contributed by atoms with Crippen LogP contribution in [0.5, 0.6) is 0 Å². The number of carboxylic acid groups (broad SMARTS) is 1. The Kier molecular flexibility index (Phi) is 3.41. The Morgan fingerprint density at radius 3 is 2.67 bits per heavy atom. The van der Waals surface area contributed by atoms with Gasteiger partial charge in [0.1, 0.15) is 12.2 Å². The monoisotopic (exact) mass is 254 g/mol. The smallest absolute Gasteiger partial charge is 0.329 e. The number of rotatable bonds is 4. The first-order chi connectivity index (χ1) is 8.39. The quantitative estimate of drug-likeness (QED) is 0.665. The van der Waals surface area contributed by atoms with Crippen molar-refractivity contribution in [3.8, 4) is 0 Å². The van der Waals surface area contributed by atoms with Crippen LogP contribution in [0.15, 0.2) is 12.2 Å². The van der Waals surface area contributed by atoms with Gasteiger partial charge in [0.2, 0.25) is 5.91 Å². The average Bonchev–Trinajstić information content (AvgIpc) is 2.68. The zero-order valence-electron chi connectivity index (χ0n) is 10.3. The Morgan fingerprint density at radius 1 is 1.50 bits per heavy atom. The maximum absolute atomic E-state index is 12.0. The van der Waals surface area contributed by atoms with E-state index in [4.69, 9.17) is 15.6 Å². The summed E-state index contributed by atoms with van der Waals surface area (Å²) in [6, 6.07) is -0.0325. The number of carbonyl (C=O) groups excluding carboxylic acids is 1. The first kappa shape index (κ1) is 13.0. The number of ether oxygens (including phenoxy) is 1. The molecule has 0 radical (unpaired) electrons. The molecule has 1 heterocycles. The van der Waals surface area contributed by atoms with Crippen molar-refractivity contribution in [1.29, 1.82) is 0 Å². The first-order valence-electron chi connectivity index (χ1n) is 5.98. The summed E-state index contributed by atoms with van der Waals surface area (Å²) in [4.78, 5) is 24.2. The van der Waals surface area contributed by atoms with Crippen molar-refractivity contribution in [2.45, 2.75) is 25.0 Å². The van der Waals surface area contributed by atoms with Crippen LogP contribution in [0.1, 0.15) is 13.3 Å². The van der Waals surface area contributed by atoms with Crippen LogP contribution >= 0.6 is 0 Å². The second-order valence-corrected chi connectivity index (χ2v) is 5.22. The molecule has 2 unspecified atom stereocenters. The summed E-state index contributed by atoms with van der Waals surface area (Å²) in [7, 11) is 0. The van der Waals surface area contributed by atoms with Gasteiger partial charge in [0, 0.05) is 6.04 Å². The summed E-state index contributed by atoms with van der Waals surface area (Å²) in [5, 5.41) is 8.54. The van der Waals surface area contributed by atoms with E-state index in [2.05, 4.69) is 0 Å². The van der Waals surface area contributed by atoms with Crippen LogP contribution in [0.25, 0.3) is 0 Å². The molecule has 1 aliphatic heterocycles. The molecule has 100 valence electrons. The van der Waals surface area contributed by atoms with Crippen molar-refractivity contribution >= 4 is 11.9 Å². The molecule has 6 heteroatoms. The molecule has 1 saturated heterocycles. The van der Waals surface area contributed by atoms with Crippen molar-refractivity contribution in [2.24, 2.45) is 11.7 Å². The number of likely N-dealkylation sites (tertiary alicyclic amines) is 1. The third-order valence-corrected chi connectivity index (χ3v) is 3.34. The molecular formula is C12H18N2O4. The molecule has 2 atom stereocenters. The summed E-state index contributed by atoms with van der Waals surface area (Å²) < 4.78 is 5.25. The minimum absolute atomic E-state index is 0.0325. The number of hydrogen-bond donors (Lipinski definition) is 2. The van der Waals surface area contributed by atoms with E-state index in [0.29, 0.717) is 19.5 Å². The zero-order valence-corrected chi connectivity index (χ0v) is 10.3. The maximum atomic E-state index is 12.0. The van der Waals surface area contributed by atoms with Crippen molar-refractivity contribution in [3.05, 3.63) is 12.2 Å². The predicted molar refractivity (Wildman–Crippen MR) is 63.8 cm³/mol. The van der Waals surface area contributed by atoms with Gasteiger partial charge < -0.3 is 20.5 Å². The van der Waals surface area contributed by atoms with Gasteiger partial charge in [0.05, 0.1) is 19.0 Å². The molecule has 0 saturated carbocycles. The Hall–Kier alpha value is -1.40. The van der Waals surface area contributed by atoms with Crippen LogP contribution in [-0.4, -0.2) is 53.2 Å². The fourth-order valence-corrected chi connectivity index (χ4v) is 2.39. The van der Waals surface area contributed by atoms with Crippen molar-refractivity contribution in [3.63, 3.8) is 0 Å². The van der Waals surface area contributed by atoms with Crippen LogP contribution in [0.4, 0.5) is 0 Å². The molecule has 1 fully saturated rings. The van der Waals surface area contributed by atoms with Crippen molar-refractivity contribution in [1.82, 2.24) is 4.90 Å². The molecule has 1 amide bonds. The Morgan fingerprint density at radius 2 is 2.17 bits per heavy atom. The van der Waals surface area contributed by atoms with E-state index in [1.54, 1.807) is 4.90 Å². The fraction of sp³-hybridized carbons (Fsp3) is 0.667. The number of carboxylic acids is 1. The topological polar surface area (TPSA) is 92.9 Å². The zero-order chi connectivity index (χ0) is 13.3. The molecule has 0 bridgehead atoms. The lowest BCUT2D eigenvalue weighted by atomic mass is 9.93. The van der Waals surface area contributed by atoms with Gasteiger partial charge in [-0.05, 0) is 13.3 Å². The molecule has 0 aromatic heterocycles. The predicted octanol–water partition coefficient (Wildman–Crippen LogP) is -0.408. The van der Waals surface area contributed by atoms with E-state index >= 15 is 0 Å². The van der Waals surface area contributed by atoms with Gasteiger partial charge in [-0.1, -0.05) is 12.2 Å². The van der Waals surface area contributed by atoms with E-state index < -0.39 is 11.6 Å². The van der Waals surface area contributed by atoms with E-state index in [-0.39, 0.29) is 24.5 Å². The van der Waals surface area contributed by atoms with Gasteiger partial charge in [-0.15, -0.1) is 0 Å². The van der Waals surface area contributed by atoms with Gasteiger partial charge in [0.15, 0.2) is 0 Å². The van der Waals surface area contributed by atoms with Crippen molar-refractivity contribution in [2.75, 3.05) is 19.7 Å². The van der Waals surface area contributed by atoms with Crippen LogP contribution in [0.3, 0.4) is 0 Å². The Bertz CT molecular complexity index is 388. The summed E-state index contributed by atoms with van der Waals surface area (Å²) in [6.45, 7) is 2.38. The van der Waals surface area contributed by atoms with Gasteiger partial charge >= 0.3 is 5.97 Å². The number of carbonyl (C=O) groups is 2. The van der Waals surface area contributed by atoms with E-state index in [1.807, 2.05) is 19.1 Å². The summed E-state index contributed by atoms with van der Waals surface area (Å²) in [5.41, 5.74) is 5.18. The highest BCUT2D eigenvalue weighted by Gasteiger charge is 2.44. The van der Waals surface area contributed by atoms with Crippen LogP contribution in [0, 0.1) is 5.92 Å². The van der Waals surface area contributed by atoms with E-state index in [1.165, 1.54) is 0 Å². The average molecular weight is 254 g/mol. The highest BCUT2D eigenvalue weighted by atomic mass is 16.5. The van der Waals surface area contributed by atoms with Gasteiger partial charge in [0.25, 0.3) is 0 Å². The highest BCUT2D eigenvalue weighted by Crippen LogP contribution is 2.28. The van der Waals surface area contributed by atoms with Gasteiger partial charge in [-0.2, -0.15) is 0 Å². The van der Waals surface area contributed by atoms with E-state index in [9.17, 15) is 9.59 Å². The van der Waals surface area contributed by atoms with Crippen molar-refractivity contribution < 1.29 is 19.4 Å². The Labute approximate surface area is 105 Å². The summed E-state index contributed by atoms with van der Waals surface area (Å²) in [5.74, 6) is -1.08. The molecule has 2 aliphatic rings. The number of amides is 1. The molecule has 1 aliphatic carbocycles. The number of aliphatic carboxylic acids is 1. The number of nitrogens with zero attached hydrogens (tertiary/aromatic N) is 1. The third-order valence-electron chi connectivity index (χ3n) is 3.34. The molecule has 6 nitrogen and oxygen atoms in total. The third kappa shape index (κ3) is 2.70. The van der Waals surface area contributed by atoms with Crippen LogP contribution < -0.4 is 5.73 Å². The van der Waals surface area contributed by atoms with Crippen LogP contribution in [0.2, 0.25) is 0 Å². The molecule has 0 spiro atoms. The number of nitrogens with two attached hydrogens (primary N) is 1. The molecular weight excluding hydrogens is 236 g/mol. The maximum Gasteiger partial charge on any atom is 0.329 e. The normalized spacial score (nSPS) is 29.1. The van der Waals surface area contributed by atoms with Gasteiger partial charge in [-0.25, -0.2) is 4.79 Å². The second-order valence-electron chi connectivity index (χ2n) is 5.22. The Balaban J connectivity index is 1.80. The molecule has 0 aromatic carbocycles. The molecule has 18 heavy (non-hydrogen) atoms. The summed E-state index contributed by atoms with van der Waals surface area (Å²) in [6.07, 6.45) is 4.35. The lowest BCUT2D eigenvalue weighted by Gasteiger charge is -2.48. The minimum atomic E-state index is -0.995. The minimum Gasteiger partial charge on any atom is -0.480 e. The lowest BCUT2D eigenvalue weighted by Crippen LogP contribution is -2.64. The largest absolute Gasteiger partial charge is 0.480 e. The lowest BCUT2D eigenvalue weighted by molar-refractivity contribution is -0.174. The number of hydrogen-bond acceptors (Lipinski definition) is 4. The molecule has 0 aromatic rings. The van der Waals surface area contributed by atoms with Crippen LogP contribution in [-0.2, 0) is 14.3 Å². The standard InChI is InChI=1S/C12H18N2O4/c1-12(18-5-10(15)16)6-14(7-12)11(17)8-2-3-9(13)4-8/h2-3,8-9H,4-7,13H2,1H3,(H,15,16).